The van der Waals surface area contributed by atoms with E-state index in [1.807, 2.05) is 6.07 Å². The van der Waals surface area contributed by atoms with Gasteiger partial charge in [0.05, 0.1) is 29.5 Å². The zero-order valence-corrected chi connectivity index (χ0v) is 20.0. The van der Waals surface area contributed by atoms with Crippen molar-refractivity contribution in [1.82, 2.24) is 4.57 Å². The highest BCUT2D eigenvalue weighted by atomic mass is 32.2. The lowest BCUT2D eigenvalue weighted by atomic mass is 10.2. The average molecular weight is 493 g/mol. The lowest BCUT2D eigenvalue weighted by Gasteiger charge is -2.15. The Morgan fingerprint density at radius 3 is 2.31 bits per heavy atom. The third kappa shape index (κ3) is 5.04. The molecular formula is C26H24N2O6S. The Hall–Kier alpha value is -4.11. The summed E-state index contributed by atoms with van der Waals surface area (Å²) in [5, 5.41) is 2.92. The third-order valence-corrected chi connectivity index (χ3v) is 7.12. The number of benzene rings is 3. The van der Waals surface area contributed by atoms with Crippen molar-refractivity contribution in [1.29, 1.82) is 0 Å². The van der Waals surface area contributed by atoms with Gasteiger partial charge in [-0.3, -0.25) is 9.59 Å². The van der Waals surface area contributed by atoms with Crippen molar-refractivity contribution >= 4 is 32.3 Å². The lowest BCUT2D eigenvalue weighted by Crippen LogP contribution is -2.24. The van der Waals surface area contributed by atoms with E-state index in [9.17, 15) is 18.0 Å². The standard InChI is InChI=1S/C26H24N2O6S/c1-3-34-20-11-14-23-22(15-20)26(30)24(35(31,32)21-12-9-19(33-2)10-13-21)16-28(23)17-25(29)27-18-7-5-4-6-8-18/h4-16H,3,17H2,1-2H3,(H,27,29). The highest BCUT2D eigenvalue weighted by molar-refractivity contribution is 7.91. The highest BCUT2D eigenvalue weighted by Crippen LogP contribution is 2.25. The van der Waals surface area contributed by atoms with E-state index in [4.69, 9.17) is 9.47 Å². The molecule has 1 heterocycles. The summed E-state index contributed by atoms with van der Waals surface area (Å²) in [4.78, 5) is 25.7. The van der Waals surface area contributed by atoms with Crippen molar-refractivity contribution in [3.8, 4) is 11.5 Å². The second kappa shape index (κ2) is 10.0. The Morgan fingerprint density at radius 1 is 0.971 bits per heavy atom. The van der Waals surface area contributed by atoms with Gasteiger partial charge in [-0.05, 0) is 61.5 Å². The molecule has 0 unspecified atom stereocenters. The summed E-state index contributed by atoms with van der Waals surface area (Å²) in [7, 11) is -2.72. The minimum atomic E-state index is -4.19. The number of hydrogen-bond donors (Lipinski definition) is 1. The molecule has 0 radical (unpaired) electrons. The number of sulfone groups is 1. The van der Waals surface area contributed by atoms with Crippen molar-refractivity contribution in [2.75, 3.05) is 19.0 Å². The van der Waals surface area contributed by atoms with E-state index in [0.717, 1.165) is 0 Å². The minimum Gasteiger partial charge on any atom is -0.497 e. The molecule has 0 aliphatic carbocycles. The van der Waals surface area contributed by atoms with Gasteiger partial charge in [0, 0.05) is 11.9 Å². The number of rotatable bonds is 8. The van der Waals surface area contributed by atoms with E-state index in [2.05, 4.69) is 5.32 Å². The van der Waals surface area contributed by atoms with Crippen LogP contribution in [0.2, 0.25) is 0 Å². The molecule has 180 valence electrons. The monoisotopic (exact) mass is 492 g/mol. The Balaban J connectivity index is 1.84. The summed E-state index contributed by atoms with van der Waals surface area (Å²) in [5.41, 5.74) is 0.347. The molecule has 3 aromatic carbocycles. The number of para-hydroxylation sites is 1. The van der Waals surface area contributed by atoms with Crippen molar-refractivity contribution in [2.24, 2.45) is 0 Å². The molecule has 8 nitrogen and oxygen atoms in total. The predicted molar refractivity (Wildman–Crippen MR) is 133 cm³/mol. The van der Waals surface area contributed by atoms with Gasteiger partial charge >= 0.3 is 0 Å². The number of carbonyl (C=O) groups excluding carboxylic acids is 1. The van der Waals surface area contributed by atoms with Gasteiger partial charge in [-0.15, -0.1) is 0 Å². The number of pyridine rings is 1. The van der Waals surface area contributed by atoms with Crippen LogP contribution in [0.4, 0.5) is 5.69 Å². The molecule has 0 atom stereocenters. The fraction of sp³-hybridized carbons (Fsp3) is 0.154. The van der Waals surface area contributed by atoms with Crippen LogP contribution in [0.25, 0.3) is 10.9 Å². The first kappa shape index (κ1) is 24.0. The maximum Gasteiger partial charge on any atom is 0.244 e. The van der Waals surface area contributed by atoms with Gasteiger partial charge in [0.2, 0.25) is 21.2 Å². The Kier molecular flexibility index (Phi) is 6.88. The Bertz CT molecular complexity index is 1530. The number of hydrogen-bond acceptors (Lipinski definition) is 6. The number of nitrogens with zero attached hydrogens (tertiary/aromatic N) is 1. The van der Waals surface area contributed by atoms with Crippen LogP contribution in [0, 0.1) is 0 Å². The molecule has 0 bridgehead atoms. The van der Waals surface area contributed by atoms with Gasteiger partial charge in [-0.25, -0.2) is 8.42 Å². The number of amides is 1. The fourth-order valence-corrected chi connectivity index (χ4v) is 5.06. The molecule has 35 heavy (non-hydrogen) atoms. The minimum absolute atomic E-state index is 0.0593. The Labute approximate surface area is 202 Å². The van der Waals surface area contributed by atoms with E-state index in [0.29, 0.717) is 29.3 Å². The van der Waals surface area contributed by atoms with Crippen LogP contribution < -0.4 is 20.2 Å². The fourth-order valence-electron chi connectivity index (χ4n) is 3.69. The molecule has 0 fully saturated rings. The predicted octanol–water partition coefficient (Wildman–Crippen LogP) is 3.88. The maximum atomic E-state index is 13.5. The largest absolute Gasteiger partial charge is 0.497 e. The van der Waals surface area contributed by atoms with Gasteiger partial charge in [-0.2, -0.15) is 0 Å². The lowest BCUT2D eigenvalue weighted by molar-refractivity contribution is -0.116. The number of aromatic nitrogens is 1. The highest BCUT2D eigenvalue weighted by Gasteiger charge is 2.25. The van der Waals surface area contributed by atoms with Crippen molar-refractivity contribution in [3.63, 3.8) is 0 Å². The first-order valence-electron chi connectivity index (χ1n) is 10.9. The molecule has 0 spiro atoms. The van der Waals surface area contributed by atoms with Crippen LogP contribution >= 0.6 is 0 Å². The van der Waals surface area contributed by atoms with Crippen molar-refractivity contribution < 1.29 is 22.7 Å². The van der Waals surface area contributed by atoms with Crippen molar-refractivity contribution in [3.05, 3.63) is 89.2 Å². The summed E-state index contributed by atoms with van der Waals surface area (Å²) in [6.45, 7) is 1.98. The van der Waals surface area contributed by atoms with Crippen LogP contribution in [0.1, 0.15) is 6.92 Å². The molecule has 4 rings (SSSR count). The normalized spacial score (nSPS) is 11.3. The molecule has 4 aromatic rings. The van der Waals surface area contributed by atoms with E-state index < -0.39 is 20.2 Å². The third-order valence-electron chi connectivity index (χ3n) is 5.36. The summed E-state index contributed by atoms with van der Waals surface area (Å²) in [5.74, 6) is 0.540. The van der Waals surface area contributed by atoms with Gasteiger partial charge in [0.25, 0.3) is 0 Å². The summed E-state index contributed by atoms with van der Waals surface area (Å²) < 4.78 is 39.0. The topological polar surface area (TPSA) is 104 Å². The van der Waals surface area contributed by atoms with Crippen molar-refractivity contribution in [2.45, 2.75) is 23.3 Å². The van der Waals surface area contributed by atoms with Crippen LogP contribution in [0.3, 0.4) is 0 Å². The van der Waals surface area contributed by atoms with E-state index in [-0.39, 0.29) is 22.7 Å². The summed E-state index contributed by atoms with van der Waals surface area (Å²) in [6, 6.07) is 19.5. The second-order valence-corrected chi connectivity index (χ2v) is 9.57. The molecule has 1 aromatic heterocycles. The van der Waals surface area contributed by atoms with Gasteiger partial charge in [0.15, 0.2) is 0 Å². The molecule has 9 heteroatoms. The number of nitrogens with one attached hydrogen (secondary N) is 1. The number of methoxy groups -OCH3 is 1. The van der Waals surface area contributed by atoms with Gasteiger partial charge in [-0.1, -0.05) is 18.2 Å². The smallest absolute Gasteiger partial charge is 0.244 e. The average Bonchev–Trinajstić information content (AvgIpc) is 2.86. The van der Waals surface area contributed by atoms with Crippen LogP contribution in [0.15, 0.2) is 93.6 Å². The Morgan fingerprint density at radius 2 is 1.66 bits per heavy atom. The van der Waals surface area contributed by atoms with E-state index in [1.54, 1.807) is 43.3 Å². The molecular weight excluding hydrogens is 468 g/mol. The first-order valence-corrected chi connectivity index (χ1v) is 12.4. The van der Waals surface area contributed by atoms with Crippen LogP contribution in [-0.4, -0.2) is 32.6 Å². The van der Waals surface area contributed by atoms with E-state index >= 15 is 0 Å². The number of fused-ring (bicyclic) bond motifs is 1. The molecule has 1 amide bonds. The first-order chi connectivity index (χ1) is 16.8. The zero-order chi connectivity index (χ0) is 25.0. The van der Waals surface area contributed by atoms with Gasteiger partial charge < -0.3 is 19.4 Å². The quantitative estimate of drug-likeness (QED) is 0.400. The van der Waals surface area contributed by atoms with Gasteiger partial charge in [0.1, 0.15) is 22.9 Å². The maximum absolute atomic E-state index is 13.5. The summed E-state index contributed by atoms with van der Waals surface area (Å²) >= 11 is 0. The SMILES string of the molecule is CCOc1ccc2c(c1)c(=O)c(S(=O)(=O)c1ccc(OC)cc1)cn2CC(=O)Nc1ccccc1. The molecule has 0 saturated carbocycles. The molecule has 0 aliphatic heterocycles. The number of ether oxygens (including phenoxy) is 2. The van der Waals surface area contributed by atoms with E-state index in [1.165, 1.54) is 48.2 Å². The number of carbonyl (C=O) groups is 1. The second-order valence-electron chi connectivity index (χ2n) is 7.66. The molecule has 1 N–H and O–H groups in total. The molecule has 0 aliphatic rings. The zero-order valence-electron chi connectivity index (χ0n) is 19.2. The van der Waals surface area contributed by atoms with Crippen LogP contribution in [0.5, 0.6) is 11.5 Å². The van der Waals surface area contributed by atoms with Crippen LogP contribution in [-0.2, 0) is 21.2 Å². The number of anilines is 1. The molecule has 0 saturated heterocycles. The summed E-state index contributed by atoms with van der Waals surface area (Å²) in [6.07, 6.45) is 1.22.